The lowest BCUT2D eigenvalue weighted by atomic mass is 9.97. The van der Waals surface area contributed by atoms with Gasteiger partial charge in [-0.15, -0.1) is 11.3 Å². The maximum Gasteiger partial charge on any atom is 0.213 e. The molecule has 2 atom stereocenters. The monoisotopic (exact) mass is 424 g/mol. The van der Waals surface area contributed by atoms with E-state index < -0.39 is 0 Å². The van der Waals surface area contributed by atoms with Crippen molar-refractivity contribution in [1.82, 2.24) is 5.01 Å². The number of aryl methyl sites for hydroxylation is 1. The van der Waals surface area contributed by atoms with Crippen LogP contribution >= 0.6 is 27.3 Å². The van der Waals surface area contributed by atoms with E-state index in [4.69, 9.17) is 9.84 Å². The van der Waals surface area contributed by atoms with E-state index in [1.54, 1.807) is 11.3 Å². The smallest absolute Gasteiger partial charge is 0.213 e. The molecular formula is C21H17BrN2OS. The average molecular weight is 425 g/mol. The Hall–Kier alpha value is -2.11. The topological polar surface area (TPSA) is 24.8 Å². The molecule has 130 valence electrons. The highest BCUT2D eigenvalue weighted by Gasteiger charge is 2.41. The molecule has 3 aromatic rings. The van der Waals surface area contributed by atoms with E-state index in [9.17, 15) is 0 Å². The summed E-state index contributed by atoms with van der Waals surface area (Å²) in [4.78, 5) is 1.24. The molecule has 0 unspecified atom stereocenters. The third kappa shape index (κ3) is 2.66. The summed E-state index contributed by atoms with van der Waals surface area (Å²) in [6.07, 6.45) is 0.696. The maximum atomic E-state index is 6.41. The molecule has 0 fully saturated rings. The van der Waals surface area contributed by atoms with Crippen molar-refractivity contribution in [2.75, 3.05) is 0 Å². The third-order valence-corrected chi connectivity index (χ3v) is 6.30. The van der Waals surface area contributed by atoms with Crippen molar-refractivity contribution in [2.24, 2.45) is 5.10 Å². The van der Waals surface area contributed by atoms with Gasteiger partial charge in [0.2, 0.25) is 6.23 Å². The number of rotatable bonds is 2. The van der Waals surface area contributed by atoms with Crippen LogP contribution in [-0.2, 0) is 0 Å². The third-order valence-electron chi connectivity index (χ3n) is 4.88. The summed E-state index contributed by atoms with van der Waals surface area (Å²) < 4.78 is 7.48. The minimum absolute atomic E-state index is 0.193. The zero-order valence-corrected chi connectivity index (χ0v) is 16.6. The van der Waals surface area contributed by atoms with Crippen LogP contribution in [0.2, 0.25) is 0 Å². The summed E-state index contributed by atoms with van der Waals surface area (Å²) in [6, 6.07) is 19.2. The van der Waals surface area contributed by atoms with Crippen molar-refractivity contribution in [2.45, 2.75) is 25.6 Å². The first-order valence-electron chi connectivity index (χ1n) is 8.61. The quantitative estimate of drug-likeness (QED) is 0.499. The molecule has 0 N–H and O–H groups in total. The molecule has 5 heteroatoms. The largest absolute Gasteiger partial charge is 0.464 e. The first-order chi connectivity index (χ1) is 12.7. The standard InChI is InChI=1S/C21H17BrN2OS/c1-13-4-2-5-14(10-13)21-24-18(12-17(23-24)20-6-3-9-26-20)16-11-15(22)7-8-19(16)25-21/h2-11,18,21H,12H2,1H3/t18-,21+/m1/s1. The van der Waals surface area contributed by atoms with Crippen molar-refractivity contribution in [3.05, 3.63) is 86.0 Å². The molecular weight excluding hydrogens is 408 g/mol. The number of ether oxygens (including phenoxy) is 1. The van der Waals surface area contributed by atoms with Crippen LogP contribution in [0.5, 0.6) is 5.75 Å². The SMILES string of the molecule is Cc1cccc([C@@H]2Oc3ccc(Br)cc3[C@H]3CC(c4cccs4)=NN32)c1. The van der Waals surface area contributed by atoms with Crippen LogP contribution < -0.4 is 4.74 Å². The van der Waals surface area contributed by atoms with Gasteiger partial charge in [0.1, 0.15) is 5.75 Å². The van der Waals surface area contributed by atoms with Crippen molar-refractivity contribution in [3.8, 4) is 5.75 Å². The molecule has 0 saturated heterocycles. The van der Waals surface area contributed by atoms with Gasteiger partial charge in [-0.2, -0.15) is 5.10 Å². The first kappa shape index (κ1) is 16.1. The van der Waals surface area contributed by atoms with Crippen molar-refractivity contribution >= 4 is 33.0 Å². The molecule has 2 aliphatic rings. The second-order valence-electron chi connectivity index (χ2n) is 6.69. The Bertz CT molecular complexity index is 999. The van der Waals surface area contributed by atoms with E-state index in [0.29, 0.717) is 0 Å². The highest BCUT2D eigenvalue weighted by atomic mass is 79.9. The Labute approximate surface area is 165 Å². The summed E-state index contributed by atoms with van der Waals surface area (Å²) in [7, 11) is 0. The molecule has 3 nitrogen and oxygen atoms in total. The lowest BCUT2D eigenvalue weighted by Gasteiger charge is -2.38. The fourth-order valence-corrected chi connectivity index (χ4v) is 4.79. The summed E-state index contributed by atoms with van der Waals surface area (Å²) >= 11 is 5.34. The lowest BCUT2D eigenvalue weighted by Crippen LogP contribution is -2.33. The Kier molecular flexibility index (Phi) is 3.87. The van der Waals surface area contributed by atoms with E-state index in [-0.39, 0.29) is 12.3 Å². The Morgan fingerprint density at radius 2 is 2.08 bits per heavy atom. The predicted octanol–water partition coefficient (Wildman–Crippen LogP) is 6.06. The van der Waals surface area contributed by atoms with Crippen molar-refractivity contribution in [1.29, 1.82) is 0 Å². The minimum atomic E-state index is -0.203. The average Bonchev–Trinajstić information content (AvgIpc) is 3.31. The number of hydrogen-bond acceptors (Lipinski definition) is 4. The first-order valence-corrected chi connectivity index (χ1v) is 10.3. The number of hydrazone groups is 1. The Balaban J connectivity index is 1.63. The molecule has 3 heterocycles. The number of hydrogen-bond donors (Lipinski definition) is 0. The molecule has 2 aromatic carbocycles. The zero-order chi connectivity index (χ0) is 17.7. The van der Waals surface area contributed by atoms with E-state index in [1.165, 1.54) is 16.0 Å². The maximum absolute atomic E-state index is 6.41. The second-order valence-corrected chi connectivity index (χ2v) is 8.55. The molecule has 5 rings (SSSR count). The number of benzene rings is 2. The minimum Gasteiger partial charge on any atom is -0.464 e. The van der Waals surface area contributed by atoms with E-state index in [2.05, 4.69) is 81.8 Å². The Morgan fingerprint density at radius 3 is 2.88 bits per heavy atom. The van der Waals surface area contributed by atoms with Gasteiger partial charge in [0.05, 0.1) is 16.6 Å². The molecule has 0 amide bonds. The van der Waals surface area contributed by atoms with Gasteiger partial charge >= 0.3 is 0 Å². The van der Waals surface area contributed by atoms with Gasteiger partial charge in [-0.25, -0.2) is 5.01 Å². The lowest BCUT2D eigenvalue weighted by molar-refractivity contribution is -0.0191. The second kappa shape index (κ2) is 6.25. The fraction of sp³-hybridized carbons (Fsp3) is 0.190. The van der Waals surface area contributed by atoms with Crippen LogP contribution in [0.3, 0.4) is 0 Å². The molecule has 1 aromatic heterocycles. The van der Waals surface area contributed by atoms with Crippen LogP contribution in [0.25, 0.3) is 0 Å². The molecule has 0 spiro atoms. The van der Waals surface area contributed by atoms with Gasteiger partial charge < -0.3 is 4.74 Å². The van der Waals surface area contributed by atoms with E-state index in [1.807, 2.05) is 6.07 Å². The highest BCUT2D eigenvalue weighted by molar-refractivity contribution is 9.10. The van der Waals surface area contributed by atoms with Gasteiger partial charge in [0.15, 0.2) is 0 Å². The highest BCUT2D eigenvalue weighted by Crippen LogP contribution is 2.48. The molecule has 0 saturated carbocycles. The van der Waals surface area contributed by atoms with Gasteiger partial charge in [-0.05, 0) is 36.6 Å². The van der Waals surface area contributed by atoms with Crippen molar-refractivity contribution in [3.63, 3.8) is 0 Å². The summed E-state index contributed by atoms with van der Waals surface area (Å²) in [5.41, 5.74) is 4.70. The van der Waals surface area contributed by atoms with Crippen molar-refractivity contribution < 1.29 is 4.74 Å². The van der Waals surface area contributed by atoms with Gasteiger partial charge in [0, 0.05) is 22.0 Å². The van der Waals surface area contributed by atoms with Crippen LogP contribution in [0, 0.1) is 6.92 Å². The molecule has 0 bridgehead atoms. The predicted molar refractivity (Wildman–Crippen MR) is 109 cm³/mol. The van der Waals surface area contributed by atoms with Gasteiger partial charge in [-0.1, -0.05) is 51.8 Å². The molecule has 0 radical (unpaired) electrons. The molecule has 2 aliphatic heterocycles. The molecule has 26 heavy (non-hydrogen) atoms. The number of fused-ring (bicyclic) bond motifs is 3. The molecule has 0 aliphatic carbocycles. The van der Waals surface area contributed by atoms with Gasteiger partial charge in [0.25, 0.3) is 0 Å². The van der Waals surface area contributed by atoms with E-state index in [0.717, 1.165) is 27.9 Å². The van der Waals surface area contributed by atoms with Crippen LogP contribution in [0.15, 0.2) is 69.6 Å². The Morgan fingerprint density at radius 1 is 1.15 bits per heavy atom. The summed E-state index contributed by atoms with van der Waals surface area (Å²) in [6.45, 7) is 2.11. The van der Waals surface area contributed by atoms with Crippen LogP contribution in [0.1, 0.15) is 40.3 Å². The normalized spacial score (nSPS) is 21.0. The van der Waals surface area contributed by atoms with E-state index >= 15 is 0 Å². The fourth-order valence-electron chi connectivity index (χ4n) is 3.69. The van der Waals surface area contributed by atoms with Crippen LogP contribution in [0.4, 0.5) is 0 Å². The van der Waals surface area contributed by atoms with Gasteiger partial charge in [-0.3, -0.25) is 0 Å². The van der Waals surface area contributed by atoms with Crippen LogP contribution in [-0.4, -0.2) is 10.7 Å². The summed E-state index contributed by atoms with van der Waals surface area (Å²) in [5.74, 6) is 0.948. The number of halogens is 1. The zero-order valence-electron chi connectivity index (χ0n) is 14.2. The summed E-state index contributed by atoms with van der Waals surface area (Å²) in [5, 5.41) is 9.23. The number of nitrogens with zero attached hydrogens (tertiary/aromatic N) is 2. The number of thiophene rings is 1.